The van der Waals surface area contributed by atoms with Crippen LogP contribution in [0.4, 0.5) is 0 Å². The normalized spacial score (nSPS) is 17.4. The zero-order valence-corrected chi connectivity index (χ0v) is 11.5. The fraction of sp³-hybridized carbons (Fsp3) is 0.818. The van der Waals surface area contributed by atoms with E-state index in [4.69, 9.17) is 17.0 Å². The Labute approximate surface area is 107 Å². The summed E-state index contributed by atoms with van der Waals surface area (Å²) in [5.41, 5.74) is 0. The molecule has 5 heteroatoms. The molecule has 0 atom stereocenters. The monoisotopic (exact) mass is 261 g/mol. The van der Waals surface area contributed by atoms with E-state index in [2.05, 4.69) is 0 Å². The molecule has 0 unspecified atom stereocenters. The van der Waals surface area contributed by atoms with Crippen LogP contribution in [0.5, 0.6) is 0 Å². The predicted molar refractivity (Wildman–Crippen MR) is 71.7 cm³/mol. The maximum Gasteiger partial charge on any atom is 0.228 e. The van der Waals surface area contributed by atoms with Gasteiger partial charge in [0.1, 0.15) is 6.10 Å². The third-order valence-corrected chi connectivity index (χ3v) is 3.42. The van der Waals surface area contributed by atoms with Gasteiger partial charge < -0.3 is 9.64 Å². The average Bonchev–Trinajstić information content (AvgIpc) is 2.17. The lowest BCUT2D eigenvalue weighted by molar-refractivity contribution is -0.111. The Kier molecular flexibility index (Phi) is 6.31. The van der Waals surface area contributed by atoms with Crippen LogP contribution in [0.15, 0.2) is 0 Å². The summed E-state index contributed by atoms with van der Waals surface area (Å²) in [6.07, 6.45) is 6.10. The van der Waals surface area contributed by atoms with E-state index in [-0.39, 0.29) is 11.2 Å². The van der Waals surface area contributed by atoms with Crippen LogP contribution in [-0.4, -0.2) is 41.1 Å². The Bertz CT molecular complexity index is 250. The van der Waals surface area contributed by atoms with Gasteiger partial charge in [-0.2, -0.15) is 0 Å². The molecule has 92 valence electrons. The third kappa shape index (κ3) is 5.82. The van der Waals surface area contributed by atoms with E-state index in [1.807, 2.05) is 19.0 Å². The topological polar surface area (TPSA) is 29.5 Å². The molecule has 0 aromatic carbocycles. The van der Waals surface area contributed by atoms with Crippen molar-refractivity contribution in [2.24, 2.45) is 0 Å². The van der Waals surface area contributed by atoms with Gasteiger partial charge in [-0.15, -0.1) is 0 Å². The van der Waals surface area contributed by atoms with Gasteiger partial charge in [0.05, 0.1) is 6.54 Å². The summed E-state index contributed by atoms with van der Waals surface area (Å²) in [5.74, 6) is 0. The van der Waals surface area contributed by atoms with Crippen molar-refractivity contribution in [3.05, 3.63) is 0 Å². The third-order valence-electron chi connectivity index (χ3n) is 2.46. The second-order valence-corrected chi connectivity index (χ2v) is 6.00. The van der Waals surface area contributed by atoms with E-state index in [0.29, 0.717) is 10.9 Å². The standard InChI is InChI=1S/C11H19NO2S2/c1-12(2)8-10(13)16-11(15)14-9-6-4-3-5-7-9/h9H,3-8H2,1-2H3. The van der Waals surface area contributed by atoms with Gasteiger partial charge in [0.25, 0.3) is 0 Å². The largest absolute Gasteiger partial charge is 0.475 e. The van der Waals surface area contributed by atoms with Crippen molar-refractivity contribution < 1.29 is 9.53 Å². The molecular formula is C11H19NO2S2. The Morgan fingerprint density at radius 2 is 2.00 bits per heavy atom. The molecule has 0 radical (unpaired) electrons. The minimum absolute atomic E-state index is 0.0470. The van der Waals surface area contributed by atoms with Crippen LogP contribution < -0.4 is 0 Å². The van der Waals surface area contributed by atoms with Gasteiger partial charge in [0.2, 0.25) is 9.50 Å². The highest BCUT2D eigenvalue weighted by Gasteiger charge is 2.18. The van der Waals surface area contributed by atoms with E-state index in [1.54, 1.807) is 0 Å². The number of carbonyl (C=O) groups excluding carboxylic acids is 1. The van der Waals surface area contributed by atoms with E-state index in [0.717, 1.165) is 24.6 Å². The second kappa shape index (κ2) is 7.25. The van der Waals surface area contributed by atoms with Gasteiger partial charge in [0, 0.05) is 0 Å². The lowest BCUT2D eigenvalue weighted by Crippen LogP contribution is -2.23. The number of thiocarbonyl (C=S) groups is 1. The van der Waals surface area contributed by atoms with E-state index in [9.17, 15) is 4.79 Å². The van der Waals surface area contributed by atoms with Crippen molar-refractivity contribution in [1.29, 1.82) is 0 Å². The van der Waals surface area contributed by atoms with Crippen LogP contribution in [0.3, 0.4) is 0 Å². The number of likely N-dealkylation sites (N-methyl/N-ethyl adjacent to an activating group) is 1. The first-order chi connectivity index (χ1) is 7.58. The summed E-state index contributed by atoms with van der Waals surface area (Å²) < 4.78 is 5.99. The van der Waals surface area contributed by atoms with Crippen molar-refractivity contribution in [2.75, 3.05) is 20.6 Å². The summed E-state index contributed by atoms with van der Waals surface area (Å²) in [5, 5.41) is 0.0470. The first kappa shape index (κ1) is 13.9. The molecular weight excluding hydrogens is 242 g/mol. The van der Waals surface area contributed by atoms with Crippen molar-refractivity contribution in [2.45, 2.75) is 38.2 Å². The van der Waals surface area contributed by atoms with Crippen molar-refractivity contribution in [3.8, 4) is 0 Å². The molecule has 0 aliphatic heterocycles. The Hall–Kier alpha value is -0.130. The Morgan fingerprint density at radius 1 is 1.38 bits per heavy atom. The molecule has 0 aromatic heterocycles. The SMILES string of the molecule is CN(C)CC(=O)SC(=S)OC1CCCCC1. The molecule has 1 aliphatic carbocycles. The average molecular weight is 261 g/mol. The van der Waals surface area contributed by atoms with E-state index < -0.39 is 0 Å². The first-order valence-electron chi connectivity index (χ1n) is 5.64. The van der Waals surface area contributed by atoms with Crippen LogP contribution in [0, 0.1) is 0 Å². The lowest BCUT2D eigenvalue weighted by atomic mass is 9.98. The fourth-order valence-corrected chi connectivity index (χ4v) is 2.83. The number of ether oxygens (including phenoxy) is 1. The van der Waals surface area contributed by atoms with Crippen LogP contribution >= 0.6 is 24.0 Å². The van der Waals surface area contributed by atoms with Crippen LogP contribution in [0.2, 0.25) is 0 Å². The maximum atomic E-state index is 11.5. The van der Waals surface area contributed by atoms with Crippen molar-refractivity contribution >= 4 is 33.5 Å². The highest BCUT2D eigenvalue weighted by Crippen LogP contribution is 2.22. The molecule has 16 heavy (non-hydrogen) atoms. The molecule has 0 amide bonds. The maximum absolute atomic E-state index is 11.5. The number of hydrogen-bond acceptors (Lipinski definition) is 5. The van der Waals surface area contributed by atoms with Crippen molar-refractivity contribution in [3.63, 3.8) is 0 Å². The smallest absolute Gasteiger partial charge is 0.228 e. The quantitative estimate of drug-likeness (QED) is 0.728. The molecule has 0 spiro atoms. The van der Waals surface area contributed by atoms with Gasteiger partial charge in [-0.05, 0) is 63.8 Å². The Balaban J connectivity index is 2.21. The summed E-state index contributed by atoms with van der Waals surface area (Å²) in [4.78, 5) is 13.3. The lowest BCUT2D eigenvalue weighted by Gasteiger charge is -2.22. The van der Waals surface area contributed by atoms with Crippen LogP contribution in [0.1, 0.15) is 32.1 Å². The van der Waals surface area contributed by atoms with Gasteiger partial charge in [0.15, 0.2) is 0 Å². The van der Waals surface area contributed by atoms with Gasteiger partial charge in [-0.25, -0.2) is 0 Å². The number of hydrogen-bond donors (Lipinski definition) is 0. The zero-order chi connectivity index (χ0) is 12.0. The predicted octanol–water partition coefficient (Wildman–Crippen LogP) is 2.44. The number of nitrogens with zero attached hydrogens (tertiary/aromatic N) is 1. The minimum atomic E-state index is 0.0470. The number of carbonyl (C=O) groups is 1. The molecule has 0 heterocycles. The van der Waals surface area contributed by atoms with Gasteiger partial charge >= 0.3 is 0 Å². The zero-order valence-electron chi connectivity index (χ0n) is 9.90. The summed E-state index contributed by atoms with van der Waals surface area (Å²) in [6.45, 7) is 0.402. The van der Waals surface area contributed by atoms with Crippen molar-refractivity contribution in [1.82, 2.24) is 4.90 Å². The molecule has 1 rings (SSSR count). The molecule has 0 N–H and O–H groups in total. The van der Waals surface area contributed by atoms with Gasteiger partial charge in [-0.1, -0.05) is 6.42 Å². The van der Waals surface area contributed by atoms with Crippen LogP contribution in [0.25, 0.3) is 0 Å². The Morgan fingerprint density at radius 3 is 2.56 bits per heavy atom. The molecule has 1 aliphatic rings. The molecule has 1 fully saturated rings. The van der Waals surface area contributed by atoms with Gasteiger partial charge in [-0.3, -0.25) is 4.79 Å². The summed E-state index contributed by atoms with van der Waals surface area (Å²) in [7, 11) is 3.73. The molecule has 0 saturated heterocycles. The highest BCUT2D eigenvalue weighted by atomic mass is 32.2. The fourth-order valence-electron chi connectivity index (χ4n) is 1.73. The van der Waals surface area contributed by atoms with Crippen LogP contribution in [-0.2, 0) is 9.53 Å². The summed E-state index contributed by atoms with van der Waals surface area (Å²) in [6, 6.07) is 0. The first-order valence-corrected chi connectivity index (χ1v) is 6.86. The minimum Gasteiger partial charge on any atom is -0.475 e. The van der Waals surface area contributed by atoms with E-state index >= 15 is 0 Å². The highest BCUT2D eigenvalue weighted by molar-refractivity contribution is 8.32. The summed E-state index contributed by atoms with van der Waals surface area (Å²) >= 11 is 6.12. The molecule has 3 nitrogen and oxygen atoms in total. The second-order valence-electron chi connectivity index (χ2n) is 4.34. The number of rotatable bonds is 3. The number of thioether (sulfide) groups is 1. The molecule has 1 saturated carbocycles. The van der Waals surface area contributed by atoms with E-state index in [1.165, 1.54) is 19.3 Å². The molecule has 0 aromatic rings. The molecule has 0 bridgehead atoms.